The summed E-state index contributed by atoms with van der Waals surface area (Å²) < 4.78 is 0. The largest absolute Gasteiger partial charge is 0.481 e. The highest BCUT2D eigenvalue weighted by atomic mass is 16.4. The molecule has 190 valence electrons. The van der Waals surface area contributed by atoms with Crippen LogP contribution in [0.25, 0.3) is 0 Å². The molecule has 2 N–H and O–H groups in total. The van der Waals surface area contributed by atoms with E-state index in [0.717, 1.165) is 51.4 Å². The normalized spacial score (nSPS) is 48.1. The average Bonchev–Trinajstić information content (AvgIpc) is 2.74. The fraction of sp³-hybridized carbons (Fsp3) is 0.800. The fourth-order valence-corrected chi connectivity index (χ4v) is 9.45. The van der Waals surface area contributed by atoms with Crippen molar-refractivity contribution < 1.29 is 19.8 Å². The smallest absolute Gasteiger partial charge is 0.309 e. The third kappa shape index (κ3) is 3.45. The van der Waals surface area contributed by atoms with Gasteiger partial charge in [0, 0.05) is 6.42 Å². The maximum absolute atomic E-state index is 12.2. The molecule has 0 saturated heterocycles. The molecule has 4 aliphatic carbocycles. The monoisotopic (exact) mass is 470 g/mol. The van der Waals surface area contributed by atoms with Gasteiger partial charge in [0.25, 0.3) is 0 Å². The van der Waals surface area contributed by atoms with E-state index in [2.05, 4.69) is 47.3 Å². The Hall–Kier alpha value is -1.58. The summed E-state index contributed by atoms with van der Waals surface area (Å²) in [5.41, 5.74) is 2.28. The molecule has 0 amide bonds. The Bertz CT molecular complexity index is 934. The topological polar surface area (TPSA) is 74.6 Å². The lowest BCUT2D eigenvalue weighted by Crippen LogP contribution is -2.61. The molecule has 4 nitrogen and oxygen atoms in total. The maximum Gasteiger partial charge on any atom is 0.309 e. The van der Waals surface area contributed by atoms with Crippen LogP contribution < -0.4 is 0 Å². The lowest BCUT2D eigenvalue weighted by atomic mass is 9.35. The molecule has 0 aliphatic heterocycles. The molecular formula is C30H46O4. The Kier molecular flexibility index (Phi) is 5.98. The molecular weight excluding hydrogens is 424 g/mol. The summed E-state index contributed by atoms with van der Waals surface area (Å²) in [5, 5.41) is 19.6. The van der Waals surface area contributed by atoms with Gasteiger partial charge in [0.15, 0.2) is 0 Å². The van der Waals surface area contributed by atoms with Crippen molar-refractivity contribution in [1.82, 2.24) is 0 Å². The zero-order valence-electron chi connectivity index (χ0n) is 22.3. The van der Waals surface area contributed by atoms with Crippen LogP contribution in [-0.2, 0) is 9.59 Å². The number of carboxylic acids is 2. The summed E-state index contributed by atoms with van der Waals surface area (Å²) in [6, 6.07) is 0. The summed E-state index contributed by atoms with van der Waals surface area (Å²) >= 11 is 0. The summed E-state index contributed by atoms with van der Waals surface area (Å²) in [6.45, 7) is 18.1. The lowest BCUT2D eigenvalue weighted by molar-refractivity contribution is -0.161. The van der Waals surface area contributed by atoms with Crippen molar-refractivity contribution in [2.45, 2.75) is 106 Å². The molecule has 4 heteroatoms. The van der Waals surface area contributed by atoms with Crippen molar-refractivity contribution in [3.8, 4) is 0 Å². The molecule has 34 heavy (non-hydrogen) atoms. The Balaban J connectivity index is 1.79. The molecule has 0 spiro atoms. The molecule has 0 heterocycles. The number of hydrogen-bond acceptors (Lipinski definition) is 2. The van der Waals surface area contributed by atoms with Crippen molar-refractivity contribution >= 4 is 11.9 Å². The van der Waals surface area contributed by atoms with Gasteiger partial charge in [-0.25, -0.2) is 0 Å². The summed E-state index contributed by atoms with van der Waals surface area (Å²) in [4.78, 5) is 23.8. The molecule has 4 rings (SSSR count). The zero-order chi connectivity index (χ0) is 25.3. The minimum absolute atomic E-state index is 0.0291. The first-order valence-corrected chi connectivity index (χ1v) is 13.4. The SMILES string of the molecule is C=C(C)C1CC[C@]2(C)C(CC=C3[C@@H]4C[C@@](C)(C(=O)O)CC[C@]4(C)CC[C@]32C)[C@@]1(C)CCC(=O)O. The van der Waals surface area contributed by atoms with Crippen LogP contribution in [-0.4, -0.2) is 22.2 Å². The van der Waals surface area contributed by atoms with Gasteiger partial charge >= 0.3 is 11.9 Å². The summed E-state index contributed by atoms with van der Waals surface area (Å²) in [6.07, 6.45) is 11.4. The van der Waals surface area contributed by atoms with Crippen LogP contribution in [0.3, 0.4) is 0 Å². The number of rotatable bonds is 5. The molecule has 2 unspecified atom stereocenters. The fourth-order valence-electron chi connectivity index (χ4n) is 9.45. The van der Waals surface area contributed by atoms with E-state index in [4.69, 9.17) is 0 Å². The van der Waals surface area contributed by atoms with Crippen LogP contribution in [0.15, 0.2) is 23.8 Å². The molecule has 3 saturated carbocycles. The summed E-state index contributed by atoms with van der Waals surface area (Å²) in [5.74, 6) is -0.283. The van der Waals surface area contributed by atoms with E-state index >= 15 is 0 Å². The van der Waals surface area contributed by atoms with Crippen molar-refractivity contribution in [3.05, 3.63) is 23.8 Å². The van der Waals surface area contributed by atoms with Crippen molar-refractivity contribution in [1.29, 1.82) is 0 Å². The third-order valence-corrected chi connectivity index (χ3v) is 12.1. The second-order valence-corrected chi connectivity index (χ2v) is 13.8. The van der Waals surface area contributed by atoms with Crippen LogP contribution in [0.2, 0.25) is 0 Å². The number of fused-ring (bicyclic) bond motifs is 5. The van der Waals surface area contributed by atoms with Crippen LogP contribution in [0.1, 0.15) is 106 Å². The third-order valence-electron chi connectivity index (χ3n) is 12.1. The van der Waals surface area contributed by atoms with E-state index in [0.29, 0.717) is 24.2 Å². The van der Waals surface area contributed by atoms with Gasteiger partial charge in [-0.1, -0.05) is 51.5 Å². The highest BCUT2D eigenvalue weighted by molar-refractivity contribution is 5.74. The Morgan fingerprint density at radius 2 is 1.68 bits per heavy atom. The molecule has 3 fully saturated rings. The second kappa shape index (κ2) is 7.96. The van der Waals surface area contributed by atoms with Crippen molar-refractivity contribution in [2.75, 3.05) is 0 Å². The van der Waals surface area contributed by atoms with E-state index in [1.165, 1.54) is 11.1 Å². The predicted molar refractivity (Wildman–Crippen MR) is 135 cm³/mol. The number of hydrogen-bond donors (Lipinski definition) is 2. The first-order valence-electron chi connectivity index (χ1n) is 13.4. The van der Waals surface area contributed by atoms with Gasteiger partial charge in [-0.2, -0.15) is 0 Å². The van der Waals surface area contributed by atoms with E-state index < -0.39 is 17.4 Å². The summed E-state index contributed by atoms with van der Waals surface area (Å²) in [7, 11) is 0. The van der Waals surface area contributed by atoms with Crippen molar-refractivity contribution in [3.63, 3.8) is 0 Å². The van der Waals surface area contributed by atoms with Crippen LogP contribution >= 0.6 is 0 Å². The molecule has 0 radical (unpaired) electrons. The predicted octanol–water partition coefficient (Wildman–Crippen LogP) is 7.49. The number of carbonyl (C=O) groups is 2. The molecule has 0 aromatic carbocycles. The van der Waals surface area contributed by atoms with Gasteiger partial charge in [0.1, 0.15) is 0 Å². The molecule has 4 aliphatic rings. The van der Waals surface area contributed by atoms with E-state index in [1.807, 2.05) is 6.92 Å². The van der Waals surface area contributed by atoms with Gasteiger partial charge in [-0.15, -0.1) is 0 Å². The first kappa shape index (κ1) is 25.5. The highest BCUT2D eigenvalue weighted by Gasteiger charge is 2.65. The standard InChI is InChI=1S/C30H46O4/c1-19(2)20-10-13-30(7)23(28(20,5)12-11-24(31)32)9-8-21-22-18-27(4,25(33)34)15-14-26(22,3)16-17-29(21,30)6/h8,20,22-23H,1,9-18H2,2-7H3,(H,31,32)(H,33,34)/t20?,22-,23?,26+,27-,28-,29+,30+/m0/s1. The Morgan fingerprint density at radius 3 is 2.26 bits per heavy atom. The number of aliphatic carboxylic acids is 2. The van der Waals surface area contributed by atoms with Gasteiger partial charge in [0.05, 0.1) is 5.41 Å². The van der Waals surface area contributed by atoms with Gasteiger partial charge in [-0.3, -0.25) is 9.59 Å². The Morgan fingerprint density at radius 1 is 1.03 bits per heavy atom. The highest BCUT2D eigenvalue weighted by Crippen LogP contribution is 2.74. The second-order valence-electron chi connectivity index (χ2n) is 13.8. The quantitative estimate of drug-likeness (QED) is 0.408. The minimum Gasteiger partial charge on any atom is -0.481 e. The van der Waals surface area contributed by atoms with Crippen LogP contribution in [0, 0.1) is 44.8 Å². The van der Waals surface area contributed by atoms with Crippen LogP contribution in [0.4, 0.5) is 0 Å². The minimum atomic E-state index is -0.712. The average molecular weight is 471 g/mol. The van der Waals surface area contributed by atoms with E-state index in [1.54, 1.807) is 0 Å². The lowest BCUT2D eigenvalue weighted by Gasteiger charge is -2.69. The van der Waals surface area contributed by atoms with E-state index in [9.17, 15) is 19.8 Å². The van der Waals surface area contributed by atoms with Crippen molar-refractivity contribution in [2.24, 2.45) is 44.8 Å². The Labute approximate surface area is 206 Å². The first-order chi connectivity index (χ1) is 15.6. The van der Waals surface area contributed by atoms with E-state index in [-0.39, 0.29) is 28.1 Å². The van der Waals surface area contributed by atoms with Gasteiger partial charge < -0.3 is 10.2 Å². The zero-order valence-corrected chi connectivity index (χ0v) is 22.3. The maximum atomic E-state index is 12.2. The molecule has 0 aromatic rings. The molecule has 0 bridgehead atoms. The number of allylic oxidation sites excluding steroid dienone is 3. The van der Waals surface area contributed by atoms with Crippen LogP contribution in [0.5, 0.6) is 0 Å². The molecule has 0 aromatic heterocycles. The number of carboxylic acid groups (broad SMARTS) is 2. The molecule has 8 atom stereocenters. The van der Waals surface area contributed by atoms with Gasteiger partial charge in [-0.05, 0) is 111 Å². The van der Waals surface area contributed by atoms with Gasteiger partial charge in [0.2, 0.25) is 0 Å².